The van der Waals surface area contributed by atoms with Gasteiger partial charge in [-0.25, -0.2) is 9.37 Å². The fraction of sp³-hybridized carbons (Fsp3) is 0.389. The van der Waals surface area contributed by atoms with Crippen LogP contribution in [-0.4, -0.2) is 70.8 Å². The number of benzene rings is 2. The zero-order chi connectivity index (χ0) is 33.7. The second-order valence-corrected chi connectivity index (χ2v) is 13.7. The van der Waals surface area contributed by atoms with Gasteiger partial charge in [-0.2, -0.15) is 0 Å². The molecule has 1 N–H and O–H groups in total. The first-order valence-electron chi connectivity index (χ1n) is 16.4. The van der Waals surface area contributed by atoms with E-state index in [0.717, 1.165) is 59.9 Å². The van der Waals surface area contributed by atoms with E-state index in [0.29, 0.717) is 40.9 Å². The number of amides is 2. The summed E-state index contributed by atoms with van der Waals surface area (Å²) in [6.07, 6.45) is 7.12. The van der Waals surface area contributed by atoms with E-state index in [4.69, 9.17) is 9.57 Å². The van der Waals surface area contributed by atoms with Crippen molar-refractivity contribution in [2.75, 3.05) is 37.7 Å². The van der Waals surface area contributed by atoms with E-state index in [1.54, 1.807) is 0 Å². The summed E-state index contributed by atoms with van der Waals surface area (Å²) < 4.78 is 22.5. The summed E-state index contributed by atoms with van der Waals surface area (Å²) in [5.41, 5.74) is 5.12. The molecule has 0 bridgehead atoms. The number of carbonyl (C=O) groups is 3. The maximum Gasteiger partial charge on any atom is 0.333 e. The molecule has 1 unspecified atom stereocenters. The van der Waals surface area contributed by atoms with Crippen LogP contribution in [0.1, 0.15) is 70.9 Å². The van der Waals surface area contributed by atoms with Gasteiger partial charge >= 0.3 is 5.97 Å². The molecule has 0 aromatic heterocycles. The van der Waals surface area contributed by atoms with Crippen LogP contribution in [0.3, 0.4) is 0 Å². The van der Waals surface area contributed by atoms with Crippen LogP contribution in [-0.2, 0) is 23.8 Å². The number of unbranched alkanes of at least 4 members (excludes halogenated alkanes) is 1. The average Bonchev–Trinajstić information content (AvgIpc) is 3.39. The molecule has 1 atom stereocenters. The highest BCUT2D eigenvalue weighted by molar-refractivity contribution is 7.71. The molecule has 47 heavy (non-hydrogen) atoms. The smallest absolute Gasteiger partial charge is 0.333 e. The average molecular weight is 661 g/mol. The van der Waals surface area contributed by atoms with Crippen LogP contribution in [0, 0.1) is 0 Å². The molecule has 0 saturated carbocycles. The fourth-order valence-corrected chi connectivity index (χ4v) is 8.11. The lowest BCUT2D eigenvalue weighted by Gasteiger charge is -2.31. The van der Waals surface area contributed by atoms with E-state index in [9.17, 15) is 23.8 Å². The van der Waals surface area contributed by atoms with E-state index in [1.165, 1.54) is 0 Å². The van der Waals surface area contributed by atoms with E-state index in [-0.39, 0.29) is 19.3 Å². The van der Waals surface area contributed by atoms with Gasteiger partial charge in [0.25, 0.3) is 19.2 Å². The largest absolute Gasteiger partial charge is 0.494 e. The molecule has 0 spiro atoms. The number of imide groups is 1. The predicted octanol–water partition coefficient (Wildman–Crippen LogP) is 5.35. The Hall–Kier alpha value is -4.27. The van der Waals surface area contributed by atoms with Crippen molar-refractivity contribution in [2.45, 2.75) is 59.8 Å². The molecule has 2 aromatic carbocycles. The Bertz CT molecular complexity index is 1710. The Balaban J connectivity index is 1.36. The van der Waals surface area contributed by atoms with E-state index in [1.807, 2.05) is 60.7 Å². The fourth-order valence-electron chi connectivity index (χ4n) is 6.21. The van der Waals surface area contributed by atoms with Crippen molar-refractivity contribution in [1.29, 1.82) is 0 Å². The van der Waals surface area contributed by atoms with Gasteiger partial charge in [-0.15, -0.1) is 5.06 Å². The number of hydrogen-bond acceptors (Lipinski definition) is 7. The van der Waals surface area contributed by atoms with Crippen LogP contribution in [0.25, 0.3) is 5.57 Å². The zero-order valence-corrected chi connectivity index (χ0v) is 28.4. The lowest BCUT2D eigenvalue weighted by molar-refractivity contribution is -0.519. The second kappa shape index (κ2) is 14.7. The van der Waals surface area contributed by atoms with Gasteiger partial charge in [0.15, 0.2) is 0 Å². The SMILES string of the molecule is CCN(CC)c1ccc2c(c1)P(=O)(O)C1=CC(=[N+](CC)CC)C=CC1=C2c1ccc(OCCCCC(=O)ON2C(=O)CCC2=O)cc1. The zero-order valence-electron chi connectivity index (χ0n) is 27.5. The first-order chi connectivity index (χ1) is 22.6. The summed E-state index contributed by atoms with van der Waals surface area (Å²) in [7, 11) is -3.92. The van der Waals surface area contributed by atoms with Crippen molar-refractivity contribution in [3.05, 3.63) is 82.7 Å². The molecule has 3 aliphatic rings. The number of fused-ring (bicyclic) bond motifs is 2. The van der Waals surface area contributed by atoms with Crippen LogP contribution in [0.4, 0.5) is 5.69 Å². The Kier molecular flexibility index (Phi) is 10.6. The van der Waals surface area contributed by atoms with E-state index >= 15 is 0 Å². The molecule has 248 valence electrons. The number of allylic oxidation sites excluding steroid dienone is 5. The minimum absolute atomic E-state index is 0.0639. The Morgan fingerprint density at radius 3 is 2.28 bits per heavy atom. The first-order valence-corrected chi connectivity index (χ1v) is 18.1. The molecule has 2 aliphatic heterocycles. The Labute approximate surface area is 276 Å². The van der Waals surface area contributed by atoms with Crippen LogP contribution < -0.4 is 14.9 Å². The molecular weight excluding hydrogens is 617 g/mol. The number of hydrogen-bond donors (Lipinski definition) is 1. The molecular formula is C36H43N3O7P+. The van der Waals surface area contributed by atoms with E-state index in [2.05, 4.69) is 37.2 Å². The molecule has 1 saturated heterocycles. The number of carbonyl (C=O) groups excluding carboxylic acids is 3. The minimum atomic E-state index is -3.92. The van der Waals surface area contributed by atoms with Gasteiger partial charge in [0.2, 0.25) is 5.71 Å². The van der Waals surface area contributed by atoms with E-state index < -0.39 is 25.2 Å². The second-order valence-electron chi connectivity index (χ2n) is 11.6. The lowest BCUT2D eigenvalue weighted by Crippen LogP contribution is -2.31. The third-order valence-electron chi connectivity index (χ3n) is 8.80. The molecule has 5 rings (SSSR count). The normalized spacial score (nSPS) is 18.6. The van der Waals surface area contributed by atoms with Gasteiger partial charge in [0, 0.05) is 50.2 Å². The summed E-state index contributed by atoms with van der Waals surface area (Å²) >= 11 is 0. The molecule has 2 amide bonds. The quantitative estimate of drug-likeness (QED) is 0.132. The van der Waals surface area contributed by atoms with Crippen LogP contribution in [0.15, 0.2) is 71.6 Å². The van der Waals surface area contributed by atoms with Gasteiger partial charge in [0.05, 0.1) is 17.2 Å². The van der Waals surface area contributed by atoms with Gasteiger partial charge in [-0.3, -0.25) is 14.2 Å². The highest BCUT2D eigenvalue weighted by atomic mass is 31.2. The van der Waals surface area contributed by atoms with Crippen molar-refractivity contribution in [3.8, 4) is 5.75 Å². The van der Waals surface area contributed by atoms with Gasteiger partial charge in [-0.1, -0.05) is 18.2 Å². The summed E-state index contributed by atoms with van der Waals surface area (Å²) in [6, 6.07) is 13.5. The van der Waals surface area contributed by atoms with Crippen molar-refractivity contribution in [1.82, 2.24) is 5.06 Å². The maximum absolute atomic E-state index is 14.4. The molecule has 0 radical (unpaired) electrons. The number of nitrogens with zero attached hydrogens (tertiary/aromatic N) is 3. The summed E-state index contributed by atoms with van der Waals surface area (Å²) in [5.74, 6) is -0.952. The van der Waals surface area contributed by atoms with Crippen molar-refractivity contribution < 1.29 is 38.0 Å². The highest BCUT2D eigenvalue weighted by Crippen LogP contribution is 2.59. The topological polar surface area (TPSA) is 116 Å². The Morgan fingerprint density at radius 1 is 0.957 bits per heavy atom. The molecule has 2 heterocycles. The number of ether oxygens (including phenoxy) is 1. The van der Waals surface area contributed by atoms with Crippen molar-refractivity contribution in [3.63, 3.8) is 0 Å². The molecule has 1 fully saturated rings. The van der Waals surface area contributed by atoms with Crippen molar-refractivity contribution >= 4 is 47.4 Å². The maximum atomic E-state index is 14.4. The Morgan fingerprint density at radius 2 is 1.64 bits per heavy atom. The number of anilines is 1. The van der Waals surface area contributed by atoms with Gasteiger partial charge < -0.3 is 19.4 Å². The predicted molar refractivity (Wildman–Crippen MR) is 182 cm³/mol. The monoisotopic (exact) mass is 660 g/mol. The number of hydroxylamine groups is 2. The standard InChI is InChI=1S/C36H42N3O7P/c1-5-37(6-2)26-14-18-29-31(23-26)47(43,44)32-24-27(38(7-3)8-4)15-19-30(32)36(29)25-12-16-28(17-13-25)45-22-10-9-11-35(42)46-39-33(40)20-21-34(39)41/h12-19,23-24H,5-11,20-22H2,1-4H3/p+1. The third-order valence-corrected chi connectivity index (χ3v) is 10.8. The molecule has 2 aromatic rings. The van der Waals surface area contributed by atoms with Crippen molar-refractivity contribution in [2.24, 2.45) is 0 Å². The van der Waals surface area contributed by atoms with Crippen LogP contribution in [0.5, 0.6) is 5.75 Å². The summed E-state index contributed by atoms with van der Waals surface area (Å²) in [6.45, 7) is 11.8. The third kappa shape index (κ3) is 7.04. The minimum Gasteiger partial charge on any atom is -0.494 e. The molecule has 11 heteroatoms. The summed E-state index contributed by atoms with van der Waals surface area (Å²) in [5, 5.41) is 1.45. The number of rotatable bonds is 13. The lowest BCUT2D eigenvalue weighted by atomic mass is 9.89. The van der Waals surface area contributed by atoms with Gasteiger partial charge in [-0.05, 0) is 93.2 Å². The first kappa shape index (κ1) is 34.1. The molecule has 1 aliphatic carbocycles. The van der Waals surface area contributed by atoms with Gasteiger partial charge in [0.1, 0.15) is 18.8 Å². The van der Waals surface area contributed by atoms with Crippen LogP contribution in [0.2, 0.25) is 0 Å². The molecule has 10 nitrogen and oxygen atoms in total. The van der Waals surface area contributed by atoms with Crippen LogP contribution >= 0.6 is 7.37 Å². The highest BCUT2D eigenvalue weighted by Gasteiger charge is 2.41. The summed E-state index contributed by atoms with van der Waals surface area (Å²) in [4.78, 5) is 54.2.